The molecule has 136 valence electrons. The molecule has 0 aromatic heterocycles. The van der Waals surface area contributed by atoms with Crippen molar-refractivity contribution < 1.29 is 14.3 Å². The number of ether oxygens (including phenoxy) is 2. The number of methoxy groups -OCH3 is 1. The lowest BCUT2D eigenvalue weighted by Crippen LogP contribution is -2.34. The minimum atomic E-state index is -0.605. The van der Waals surface area contributed by atoms with Crippen molar-refractivity contribution in [3.8, 4) is 0 Å². The quantitative estimate of drug-likeness (QED) is 0.706. The molecule has 1 atom stereocenters. The summed E-state index contributed by atoms with van der Waals surface area (Å²) in [7, 11) is 1.34. The first-order valence-corrected chi connectivity index (χ1v) is 9.07. The summed E-state index contributed by atoms with van der Waals surface area (Å²) < 4.78 is 9.96. The second-order valence-corrected chi connectivity index (χ2v) is 6.34. The van der Waals surface area contributed by atoms with Crippen LogP contribution in [-0.4, -0.2) is 37.5 Å². The van der Waals surface area contributed by atoms with E-state index in [9.17, 15) is 4.79 Å². The van der Waals surface area contributed by atoms with Gasteiger partial charge in [-0.15, -0.1) is 0 Å². The van der Waals surface area contributed by atoms with Crippen molar-refractivity contribution in [3.05, 3.63) is 77.9 Å². The number of carbonyl (C=O) groups is 1. The molecule has 1 aliphatic heterocycles. The van der Waals surface area contributed by atoms with E-state index in [1.54, 1.807) is 0 Å². The fraction of sp³-hybridized carbons (Fsp3) is 0.318. The largest absolute Gasteiger partial charge is 0.509 e. The average Bonchev–Trinajstić information content (AvgIpc) is 3.13. The number of likely N-dealkylation sites (tertiary alicyclic amines) is 1. The van der Waals surface area contributed by atoms with E-state index in [0.717, 1.165) is 32.4 Å². The minimum Gasteiger partial charge on any atom is -0.438 e. The Hall–Kier alpha value is -2.59. The first-order valence-electron chi connectivity index (χ1n) is 9.07. The zero-order valence-electron chi connectivity index (χ0n) is 15.1. The molecule has 0 radical (unpaired) electrons. The van der Waals surface area contributed by atoms with Crippen molar-refractivity contribution in [1.29, 1.82) is 0 Å². The van der Waals surface area contributed by atoms with Crippen molar-refractivity contribution in [2.45, 2.75) is 25.5 Å². The van der Waals surface area contributed by atoms with Crippen LogP contribution in [0, 0.1) is 0 Å². The first kappa shape index (κ1) is 18.2. The highest BCUT2D eigenvalue weighted by molar-refractivity contribution is 5.79. The molecule has 0 amide bonds. The van der Waals surface area contributed by atoms with Crippen LogP contribution in [0.5, 0.6) is 0 Å². The molecule has 0 spiro atoms. The lowest BCUT2D eigenvalue weighted by molar-refractivity contribution is -0.0209. The summed E-state index contributed by atoms with van der Waals surface area (Å²) in [4.78, 5) is 13.6. The number of benzene rings is 2. The Morgan fingerprint density at radius 3 is 2.27 bits per heavy atom. The Kier molecular flexibility index (Phi) is 6.45. The fourth-order valence-corrected chi connectivity index (χ4v) is 3.36. The monoisotopic (exact) mass is 351 g/mol. The van der Waals surface area contributed by atoms with Crippen LogP contribution in [0.15, 0.2) is 66.7 Å². The molecule has 1 saturated heterocycles. The van der Waals surface area contributed by atoms with Gasteiger partial charge in [-0.3, -0.25) is 4.90 Å². The molecule has 1 heterocycles. The Labute approximate surface area is 155 Å². The van der Waals surface area contributed by atoms with Gasteiger partial charge in [0.05, 0.1) is 7.11 Å². The Bertz CT molecular complexity index is 686. The highest BCUT2D eigenvalue weighted by Gasteiger charge is 2.27. The van der Waals surface area contributed by atoms with Crippen LogP contribution < -0.4 is 0 Å². The maximum Gasteiger partial charge on any atom is 0.509 e. The molecular weight excluding hydrogens is 326 g/mol. The van der Waals surface area contributed by atoms with Crippen LogP contribution in [0.25, 0.3) is 5.57 Å². The van der Waals surface area contributed by atoms with E-state index in [1.165, 1.54) is 23.8 Å². The van der Waals surface area contributed by atoms with E-state index < -0.39 is 6.16 Å². The summed E-state index contributed by atoms with van der Waals surface area (Å²) in [5.41, 5.74) is 3.65. The molecule has 0 saturated carbocycles. The second-order valence-electron chi connectivity index (χ2n) is 6.34. The van der Waals surface area contributed by atoms with Crippen molar-refractivity contribution in [3.63, 3.8) is 0 Å². The fourth-order valence-electron chi connectivity index (χ4n) is 3.36. The zero-order valence-corrected chi connectivity index (χ0v) is 15.1. The van der Waals surface area contributed by atoms with Crippen molar-refractivity contribution in [2.24, 2.45) is 0 Å². The number of nitrogens with zero attached hydrogens (tertiary/aromatic N) is 1. The molecule has 1 aliphatic rings. The predicted molar refractivity (Wildman–Crippen MR) is 103 cm³/mol. The highest BCUT2D eigenvalue weighted by atomic mass is 16.7. The number of rotatable bonds is 6. The van der Waals surface area contributed by atoms with E-state index in [4.69, 9.17) is 4.74 Å². The van der Waals surface area contributed by atoms with Crippen molar-refractivity contribution in [2.75, 3.05) is 20.2 Å². The van der Waals surface area contributed by atoms with Crippen LogP contribution in [-0.2, 0) is 9.47 Å². The van der Waals surface area contributed by atoms with Gasteiger partial charge in [-0.25, -0.2) is 4.79 Å². The van der Waals surface area contributed by atoms with Gasteiger partial charge in [0.2, 0.25) is 0 Å². The highest BCUT2D eigenvalue weighted by Crippen LogP contribution is 2.25. The topological polar surface area (TPSA) is 38.8 Å². The maximum absolute atomic E-state index is 11.4. The van der Waals surface area contributed by atoms with Gasteiger partial charge >= 0.3 is 6.16 Å². The third-order valence-corrected chi connectivity index (χ3v) is 4.64. The molecule has 26 heavy (non-hydrogen) atoms. The lowest BCUT2D eigenvalue weighted by atomic mass is 9.97. The van der Waals surface area contributed by atoms with Gasteiger partial charge < -0.3 is 9.47 Å². The summed E-state index contributed by atoms with van der Waals surface area (Å²) in [5.74, 6) is 0. The van der Waals surface area contributed by atoms with E-state index >= 15 is 0 Å². The van der Waals surface area contributed by atoms with E-state index in [1.807, 2.05) is 12.1 Å². The van der Waals surface area contributed by atoms with Gasteiger partial charge in [-0.05, 0) is 36.0 Å². The summed E-state index contributed by atoms with van der Waals surface area (Å²) in [6.45, 7) is 1.80. The van der Waals surface area contributed by atoms with Gasteiger partial charge in [0.15, 0.2) is 6.23 Å². The second kappa shape index (κ2) is 9.20. The molecule has 0 N–H and O–H groups in total. The standard InChI is InChI=1S/C22H25NO3/c1-25-22(24)26-21-15-9-17-23(21)16-8-14-20(18-10-4-2-5-11-18)19-12-6-3-7-13-19/h2-7,10-14,21H,8-9,15-17H2,1H3/t21-/m1/s1. The molecule has 2 aromatic carbocycles. The summed E-state index contributed by atoms with van der Waals surface area (Å²) in [5, 5.41) is 0. The van der Waals surface area contributed by atoms with Gasteiger partial charge in [0.1, 0.15) is 0 Å². The molecule has 4 heteroatoms. The molecule has 3 rings (SSSR count). The molecule has 1 fully saturated rings. The van der Waals surface area contributed by atoms with Crippen LogP contribution in [0.3, 0.4) is 0 Å². The summed E-state index contributed by atoms with van der Waals surface area (Å²) in [6, 6.07) is 20.9. The Balaban J connectivity index is 1.70. The van der Waals surface area contributed by atoms with E-state index in [0.29, 0.717) is 0 Å². The van der Waals surface area contributed by atoms with Gasteiger partial charge in [0, 0.05) is 13.1 Å². The minimum absolute atomic E-state index is 0.173. The normalized spacial score (nSPS) is 16.9. The molecule has 2 aromatic rings. The van der Waals surface area contributed by atoms with Crippen LogP contribution in [0.1, 0.15) is 30.4 Å². The van der Waals surface area contributed by atoms with Crippen LogP contribution in [0.4, 0.5) is 4.79 Å². The summed E-state index contributed by atoms with van der Waals surface area (Å²) >= 11 is 0. The number of carbonyl (C=O) groups excluding carboxylic acids is 1. The van der Waals surface area contributed by atoms with Crippen molar-refractivity contribution in [1.82, 2.24) is 4.90 Å². The third-order valence-electron chi connectivity index (χ3n) is 4.64. The van der Waals surface area contributed by atoms with Gasteiger partial charge in [-0.2, -0.15) is 0 Å². The summed E-state index contributed by atoms with van der Waals surface area (Å²) in [6.07, 6.45) is 4.29. The van der Waals surface area contributed by atoms with Crippen LogP contribution in [0.2, 0.25) is 0 Å². The zero-order chi connectivity index (χ0) is 18.2. The average molecular weight is 351 g/mol. The van der Waals surface area contributed by atoms with E-state index in [2.05, 4.69) is 64.2 Å². The predicted octanol–water partition coefficient (Wildman–Crippen LogP) is 4.71. The molecule has 0 bridgehead atoms. The van der Waals surface area contributed by atoms with Crippen molar-refractivity contribution >= 4 is 11.7 Å². The first-order chi connectivity index (χ1) is 12.8. The Morgan fingerprint density at radius 2 is 1.69 bits per heavy atom. The van der Waals surface area contributed by atoms with Gasteiger partial charge in [0.25, 0.3) is 0 Å². The molecular formula is C22H25NO3. The smallest absolute Gasteiger partial charge is 0.438 e. The van der Waals surface area contributed by atoms with E-state index in [-0.39, 0.29) is 6.23 Å². The number of hydrogen-bond acceptors (Lipinski definition) is 4. The van der Waals surface area contributed by atoms with Gasteiger partial charge in [-0.1, -0.05) is 66.7 Å². The maximum atomic E-state index is 11.4. The molecule has 0 unspecified atom stereocenters. The Morgan fingerprint density at radius 1 is 1.08 bits per heavy atom. The molecule has 4 nitrogen and oxygen atoms in total. The number of hydrogen-bond donors (Lipinski definition) is 0. The molecule has 0 aliphatic carbocycles. The SMILES string of the molecule is COC(=O)O[C@@H]1CCCN1CCC=C(c1ccccc1)c1ccccc1. The van der Waals surface area contributed by atoms with Crippen LogP contribution >= 0.6 is 0 Å². The lowest BCUT2D eigenvalue weighted by Gasteiger charge is -2.23. The third kappa shape index (κ3) is 4.73.